The smallest absolute Gasteiger partial charge is 0.140 e. The number of hydrogen-bond donors (Lipinski definition) is 1. The van der Waals surface area contributed by atoms with Crippen molar-refractivity contribution in [2.45, 2.75) is 66.1 Å². The van der Waals surface area contributed by atoms with E-state index in [0.29, 0.717) is 6.04 Å². The molecular formula is C13H26N4. The van der Waals surface area contributed by atoms with Gasteiger partial charge in [-0.05, 0) is 26.2 Å². The minimum atomic E-state index is 0.552. The Morgan fingerprint density at radius 3 is 2.71 bits per heavy atom. The van der Waals surface area contributed by atoms with Gasteiger partial charge in [-0.1, -0.05) is 26.7 Å². The second kappa shape index (κ2) is 7.43. The van der Waals surface area contributed by atoms with Gasteiger partial charge in [-0.3, -0.25) is 0 Å². The van der Waals surface area contributed by atoms with Gasteiger partial charge in [0.2, 0.25) is 0 Å². The quantitative estimate of drug-likeness (QED) is 0.757. The minimum Gasteiger partial charge on any atom is -0.307 e. The Bertz CT molecular complexity index is 306. The molecule has 1 heterocycles. The van der Waals surface area contributed by atoms with Crippen molar-refractivity contribution in [2.75, 3.05) is 0 Å². The van der Waals surface area contributed by atoms with Gasteiger partial charge in [-0.15, -0.1) is 0 Å². The molecule has 0 amide bonds. The summed E-state index contributed by atoms with van der Waals surface area (Å²) in [5, 5.41) is 7.67. The highest BCUT2D eigenvalue weighted by atomic mass is 15.3. The number of nitrogens with one attached hydrogen (secondary N) is 1. The summed E-state index contributed by atoms with van der Waals surface area (Å²) in [7, 11) is 0. The first-order valence-electron chi connectivity index (χ1n) is 6.73. The molecule has 1 N–H and O–H groups in total. The van der Waals surface area contributed by atoms with Crippen molar-refractivity contribution >= 4 is 0 Å². The highest BCUT2D eigenvalue weighted by Crippen LogP contribution is 2.08. The molecule has 1 atom stereocenters. The zero-order chi connectivity index (χ0) is 12.7. The first-order chi connectivity index (χ1) is 8.13. The molecule has 0 bridgehead atoms. The van der Waals surface area contributed by atoms with Crippen molar-refractivity contribution < 1.29 is 0 Å². The Morgan fingerprint density at radius 1 is 1.29 bits per heavy atom. The van der Waals surface area contributed by atoms with E-state index >= 15 is 0 Å². The number of rotatable bonds is 8. The van der Waals surface area contributed by atoms with Gasteiger partial charge in [0.25, 0.3) is 0 Å². The lowest BCUT2D eigenvalue weighted by Gasteiger charge is -2.14. The highest BCUT2D eigenvalue weighted by Gasteiger charge is 2.06. The fourth-order valence-electron chi connectivity index (χ4n) is 1.89. The molecule has 0 aliphatic heterocycles. The number of hydrogen-bond acceptors (Lipinski definition) is 3. The molecule has 0 fully saturated rings. The summed E-state index contributed by atoms with van der Waals surface area (Å²) < 4.78 is 1.94. The molecule has 0 saturated carbocycles. The largest absolute Gasteiger partial charge is 0.307 e. The topological polar surface area (TPSA) is 42.7 Å². The van der Waals surface area contributed by atoms with Crippen LogP contribution in [0.3, 0.4) is 0 Å². The summed E-state index contributed by atoms with van der Waals surface area (Å²) in [5.41, 5.74) is 0. The molecule has 1 unspecified atom stereocenters. The van der Waals surface area contributed by atoms with Crippen molar-refractivity contribution in [1.82, 2.24) is 20.1 Å². The van der Waals surface area contributed by atoms with E-state index in [1.54, 1.807) is 6.33 Å². The lowest BCUT2D eigenvalue weighted by molar-refractivity contribution is 0.445. The lowest BCUT2D eigenvalue weighted by atomic mass is 10.0. The standard InChI is InChI=1S/C13H26N4/c1-5-17-13(15-10-16-17)9-14-12(4)8-6-7-11(2)3/h10-12,14H,5-9H2,1-4H3. The Balaban J connectivity index is 2.21. The van der Waals surface area contributed by atoms with Crippen LogP contribution in [0.15, 0.2) is 6.33 Å². The van der Waals surface area contributed by atoms with Crippen LogP contribution >= 0.6 is 0 Å². The molecule has 0 radical (unpaired) electrons. The molecule has 1 aromatic heterocycles. The third kappa shape index (κ3) is 5.31. The number of nitrogens with zero attached hydrogens (tertiary/aromatic N) is 3. The van der Waals surface area contributed by atoms with E-state index in [0.717, 1.165) is 24.8 Å². The molecule has 0 aliphatic carbocycles. The second-order valence-electron chi connectivity index (χ2n) is 5.10. The van der Waals surface area contributed by atoms with Gasteiger partial charge in [0.05, 0.1) is 6.54 Å². The van der Waals surface area contributed by atoms with E-state index in [4.69, 9.17) is 0 Å². The van der Waals surface area contributed by atoms with Crippen LogP contribution in [-0.4, -0.2) is 20.8 Å². The van der Waals surface area contributed by atoms with Gasteiger partial charge in [0.1, 0.15) is 12.2 Å². The predicted molar refractivity (Wildman–Crippen MR) is 70.7 cm³/mol. The Hall–Kier alpha value is -0.900. The van der Waals surface area contributed by atoms with Gasteiger partial charge in [0, 0.05) is 12.6 Å². The van der Waals surface area contributed by atoms with Crippen molar-refractivity contribution in [3.8, 4) is 0 Å². The normalized spacial score (nSPS) is 13.2. The predicted octanol–water partition coefficient (Wildman–Crippen LogP) is 2.60. The van der Waals surface area contributed by atoms with Crippen molar-refractivity contribution in [3.63, 3.8) is 0 Å². The molecule has 4 nitrogen and oxygen atoms in total. The van der Waals surface area contributed by atoms with E-state index < -0.39 is 0 Å². The maximum atomic E-state index is 4.26. The Morgan fingerprint density at radius 2 is 2.06 bits per heavy atom. The average Bonchev–Trinajstić information content (AvgIpc) is 2.73. The summed E-state index contributed by atoms with van der Waals surface area (Å²) in [6, 6.07) is 0.552. The van der Waals surface area contributed by atoms with E-state index in [-0.39, 0.29) is 0 Å². The molecule has 0 saturated heterocycles. The van der Waals surface area contributed by atoms with E-state index in [1.165, 1.54) is 19.3 Å². The Kier molecular flexibility index (Phi) is 6.19. The van der Waals surface area contributed by atoms with E-state index in [1.807, 2.05) is 4.68 Å². The van der Waals surface area contributed by atoms with Crippen LogP contribution in [0.25, 0.3) is 0 Å². The fourth-order valence-corrected chi connectivity index (χ4v) is 1.89. The van der Waals surface area contributed by atoms with Crippen LogP contribution in [-0.2, 0) is 13.1 Å². The summed E-state index contributed by atoms with van der Waals surface area (Å²) in [5.74, 6) is 1.84. The van der Waals surface area contributed by atoms with Gasteiger partial charge >= 0.3 is 0 Å². The van der Waals surface area contributed by atoms with Crippen molar-refractivity contribution in [3.05, 3.63) is 12.2 Å². The molecule has 17 heavy (non-hydrogen) atoms. The van der Waals surface area contributed by atoms with Crippen molar-refractivity contribution in [2.24, 2.45) is 5.92 Å². The third-order valence-electron chi connectivity index (χ3n) is 3.02. The van der Waals surface area contributed by atoms with E-state index in [2.05, 4.69) is 43.1 Å². The van der Waals surface area contributed by atoms with Crippen LogP contribution < -0.4 is 5.32 Å². The summed E-state index contributed by atoms with van der Waals surface area (Å²) in [6.07, 6.45) is 5.48. The zero-order valence-corrected chi connectivity index (χ0v) is 11.6. The fraction of sp³-hybridized carbons (Fsp3) is 0.846. The van der Waals surface area contributed by atoms with Crippen LogP contribution in [0, 0.1) is 5.92 Å². The summed E-state index contributed by atoms with van der Waals surface area (Å²) in [6.45, 7) is 10.6. The summed E-state index contributed by atoms with van der Waals surface area (Å²) >= 11 is 0. The molecule has 0 spiro atoms. The second-order valence-corrected chi connectivity index (χ2v) is 5.10. The minimum absolute atomic E-state index is 0.552. The summed E-state index contributed by atoms with van der Waals surface area (Å²) in [4.78, 5) is 4.26. The zero-order valence-electron chi connectivity index (χ0n) is 11.6. The highest BCUT2D eigenvalue weighted by molar-refractivity contribution is 4.84. The molecule has 4 heteroatoms. The first-order valence-corrected chi connectivity index (χ1v) is 6.73. The monoisotopic (exact) mass is 238 g/mol. The maximum Gasteiger partial charge on any atom is 0.140 e. The van der Waals surface area contributed by atoms with Gasteiger partial charge in [-0.25, -0.2) is 9.67 Å². The third-order valence-corrected chi connectivity index (χ3v) is 3.02. The lowest BCUT2D eigenvalue weighted by Crippen LogP contribution is -2.27. The van der Waals surface area contributed by atoms with Gasteiger partial charge in [-0.2, -0.15) is 5.10 Å². The number of aromatic nitrogens is 3. The van der Waals surface area contributed by atoms with Gasteiger partial charge < -0.3 is 5.32 Å². The molecule has 1 aromatic rings. The number of aryl methyl sites for hydroxylation is 1. The van der Waals surface area contributed by atoms with Crippen LogP contribution in [0.2, 0.25) is 0 Å². The van der Waals surface area contributed by atoms with E-state index in [9.17, 15) is 0 Å². The van der Waals surface area contributed by atoms with Gasteiger partial charge in [0.15, 0.2) is 0 Å². The first kappa shape index (κ1) is 14.2. The van der Waals surface area contributed by atoms with Crippen LogP contribution in [0.4, 0.5) is 0 Å². The molecule has 98 valence electrons. The average molecular weight is 238 g/mol. The molecular weight excluding hydrogens is 212 g/mol. The molecule has 1 rings (SSSR count). The maximum absolute atomic E-state index is 4.26. The van der Waals surface area contributed by atoms with Crippen LogP contribution in [0.5, 0.6) is 0 Å². The Labute approximate surface area is 105 Å². The van der Waals surface area contributed by atoms with Crippen LogP contribution in [0.1, 0.15) is 52.8 Å². The SMILES string of the molecule is CCn1ncnc1CNC(C)CCCC(C)C. The molecule has 0 aliphatic rings. The van der Waals surface area contributed by atoms with Crippen molar-refractivity contribution in [1.29, 1.82) is 0 Å². The molecule has 0 aromatic carbocycles.